The van der Waals surface area contributed by atoms with Crippen LogP contribution >= 0.6 is 11.6 Å². The van der Waals surface area contributed by atoms with Crippen LogP contribution in [0.5, 0.6) is 0 Å². The van der Waals surface area contributed by atoms with E-state index in [0.29, 0.717) is 28.6 Å². The first-order valence-electron chi connectivity index (χ1n) is 12.5. The van der Waals surface area contributed by atoms with Crippen molar-refractivity contribution in [1.29, 1.82) is 0 Å². The van der Waals surface area contributed by atoms with Gasteiger partial charge in [0, 0.05) is 42.9 Å². The van der Waals surface area contributed by atoms with Gasteiger partial charge in [0.25, 0.3) is 5.91 Å². The van der Waals surface area contributed by atoms with E-state index in [-0.39, 0.29) is 12.5 Å². The molecule has 0 bridgehead atoms. The summed E-state index contributed by atoms with van der Waals surface area (Å²) in [5, 5.41) is 13.6. The zero-order valence-corrected chi connectivity index (χ0v) is 20.9. The fourth-order valence-electron chi connectivity index (χ4n) is 4.88. The fraction of sp³-hybridized carbons (Fsp3) is 0.536. The van der Waals surface area contributed by atoms with E-state index < -0.39 is 0 Å². The number of unbranched alkanes of at least 4 members (excludes halogenated alkanes) is 1. The second kappa shape index (κ2) is 13.1. The number of nitrogens with zero attached hydrogens (tertiary/aromatic N) is 1. The van der Waals surface area contributed by atoms with Gasteiger partial charge in [0.2, 0.25) is 0 Å². The highest BCUT2D eigenvalue weighted by Crippen LogP contribution is 2.35. The van der Waals surface area contributed by atoms with Crippen molar-refractivity contribution in [1.82, 2.24) is 10.2 Å². The molecule has 1 saturated carbocycles. The van der Waals surface area contributed by atoms with Crippen LogP contribution in [0.4, 0.5) is 0 Å². The second-order valence-corrected chi connectivity index (χ2v) is 9.84. The van der Waals surface area contributed by atoms with Crippen molar-refractivity contribution in [2.45, 2.75) is 82.8 Å². The highest BCUT2D eigenvalue weighted by atomic mass is 35.5. The maximum absolute atomic E-state index is 12.8. The predicted molar refractivity (Wildman–Crippen MR) is 137 cm³/mol. The normalized spacial score (nSPS) is 19.3. The fourth-order valence-corrected chi connectivity index (χ4v) is 5.01. The van der Waals surface area contributed by atoms with Gasteiger partial charge in [0.15, 0.2) is 0 Å². The molecule has 1 aliphatic carbocycles. The summed E-state index contributed by atoms with van der Waals surface area (Å²) in [5.41, 5.74) is 3.39. The zero-order chi connectivity index (χ0) is 23.6. The third-order valence-corrected chi connectivity index (χ3v) is 7.34. The maximum Gasteiger partial charge on any atom is 0.253 e. The zero-order valence-electron chi connectivity index (χ0n) is 20.1. The summed E-state index contributed by atoms with van der Waals surface area (Å²) < 4.78 is 0. The van der Waals surface area contributed by atoms with E-state index in [1.54, 1.807) is 24.3 Å². The minimum absolute atomic E-state index is 0.0745. The molecule has 1 unspecified atom stereocenters. The second-order valence-electron chi connectivity index (χ2n) is 9.40. The molecule has 0 aromatic heterocycles. The van der Waals surface area contributed by atoms with Gasteiger partial charge in [-0.3, -0.25) is 4.79 Å². The first kappa shape index (κ1) is 25.7. The van der Waals surface area contributed by atoms with Crippen molar-refractivity contribution >= 4 is 17.5 Å². The predicted octanol–water partition coefficient (Wildman–Crippen LogP) is 6.17. The standard InChI is InChI=1S/C28H39ClN2O2/c1-3-4-5-26(18-19-32)30-20-21-6-8-22(9-7-21)23-12-16-27(17-13-23)31(2)28(33)24-10-14-25(29)15-11-24/h6-11,14-15,23,26-27,30,32H,3-5,12-13,16-20H2,1-2H3. The number of aliphatic hydroxyl groups excluding tert-OH is 1. The van der Waals surface area contributed by atoms with E-state index in [1.807, 2.05) is 11.9 Å². The number of halogens is 1. The Kier molecular flexibility index (Phi) is 10.2. The Morgan fingerprint density at radius 1 is 1.06 bits per heavy atom. The molecule has 2 N–H and O–H groups in total. The van der Waals surface area contributed by atoms with E-state index >= 15 is 0 Å². The highest BCUT2D eigenvalue weighted by molar-refractivity contribution is 6.30. The Labute approximate surface area is 204 Å². The van der Waals surface area contributed by atoms with E-state index in [1.165, 1.54) is 24.0 Å². The topological polar surface area (TPSA) is 52.6 Å². The molecule has 1 amide bonds. The Morgan fingerprint density at radius 2 is 1.73 bits per heavy atom. The van der Waals surface area contributed by atoms with Gasteiger partial charge in [0.05, 0.1) is 0 Å². The molecule has 3 rings (SSSR count). The number of benzene rings is 2. The number of aliphatic hydroxyl groups is 1. The average Bonchev–Trinajstić information content (AvgIpc) is 2.86. The summed E-state index contributed by atoms with van der Waals surface area (Å²) in [6.07, 6.45) is 8.59. The van der Waals surface area contributed by atoms with E-state index in [9.17, 15) is 9.90 Å². The quantitative estimate of drug-likeness (QED) is 0.413. The third kappa shape index (κ3) is 7.56. The minimum atomic E-state index is 0.0745. The van der Waals surface area contributed by atoms with Crippen LogP contribution in [0, 0.1) is 0 Å². The summed E-state index contributed by atoms with van der Waals surface area (Å²) in [4.78, 5) is 14.7. The van der Waals surface area contributed by atoms with Crippen LogP contribution in [-0.2, 0) is 6.54 Å². The number of carbonyl (C=O) groups excluding carboxylic acids is 1. The van der Waals surface area contributed by atoms with Crippen LogP contribution in [0.2, 0.25) is 5.02 Å². The van der Waals surface area contributed by atoms with Crippen molar-refractivity contribution in [3.8, 4) is 0 Å². The number of hydrogen-bond donors (Lipinski definition) is 2. The number of amides is 1. The van der Waals surface area contributed by atoms with Crippen LogP contribution in [0.1, 0.15) is 85.7 Å². The van der Waals surface area contributed by atoms with Crippen molar-refractivity contribution in [3.63, 3.8) is 0 Å². The van der Waals surface area contributed by atoms with Crippen molar-refractivity contribution in [3.05, 3.63) is 70.2 Å². The lowest BCUT2D eigenvalue weighted by Crippen LogP contribution is -2.39. The lowest BCUT2D eigenvalue weighted by molar-refractivity contribution is 0.0689. The third-order valence-electron chi connectivity index (χ3n) is 7.09. The summed E-state index contributed by atoms with van der Waals surface area (Å²) in [6.45, 7) is 3.29. The van der Waals surface area contributed by atoms with Gasteiger partial charge < -0.3 is 15.3 Å². The van der Waals surface area contributed by atoms with Gasteiger partial charge in [0.1, 0.15) is 0 Å². The smallest absolute Gasteiger partial charge is 0.253 e. The molecular weight excluding hydrogens is 432 g/mol. The molecule has 1 aliphatic rings. The van der Waals surface area contributed by atoms with Crippen LogP contribution in [0.15, 0.2) is 48.5 Å². The van der Waals surface area contributed by atoms with Crippen LogP contribution in [0.3, 0.4) is 0 Å². The summed E-state index contributed by atoms with van der Waals surface area (Å²) in [6, 6.07) is 16.9. The van der Waals surface area contributed by atoms with Crippen LogP contribution in [-0.4, -0.2) is 41.7 Å². The molecule has 0 heterocycles. The molecule has 0 radical (unpaired) electrons. The summed E-state index contributed by atoms with van der Waals surface area (Å²) >= 11 is 5.95. The lowest BCUT2D eigenvalue weighted by atomic mass is 9.81. The molecule has 2 aromatic carbocycles. The Morgan fingerprint density at radius 3 is 2.33 bits per heavy atom. The molecule has 4 nitrogen and oxygen atoms in total. The average molecular weight is 471 g/mol. The minimum Gasteiger partial charge on any atom is -0.396 e. The van der Waals surface area contributed by atoms with E-state index in [4.69, 9.17) is 11.6 Å². The van der Waals surface area contributed by atoms with Gasteiger partial charge in [-0.1, -0.05) is 55.6 Å². The number of nitrogens with one attached hydrogen (secondary N) is 1. The molecule has 5 heteroatoms. The lowest BCUT2D eigenvalue weighted by Gasteiger charge is -2.35. The largest absolute Gasteiger partial charge is 0.396 e. The van der Waals surface area contributed by atoms with Gasteiger partial charge in [-0.25, -0.2) is 0 Å². The molecule has 180 valence electrons. The SMILES string of the molecule is CCCCC(CCO)NCc1ccc(C2CCC(N(C)C(=O)c3ccc(Cl)cc3)CC2)cc1. The van der Waals surface area contributed by atoms with Crippen LogP contribution < -0.4 is 5.32 Å². The molecule has 1 atom stereocenters. The first-order valence-corrected chi connectivity index (χ1v) is 12.9. The molecule has 2 aromatic rings. The molecule has 1 fully saturated rings. The first-order chi connectivity index (χ1) is 16.0. The Balaban J connectivity index is 1.48. The van der Waals surface area contributed by atoms with Crippen molar-refractivity contribution in [2.24, 2.45) is 0 Å². The van der Waals surface area contributed by atoms with Crippen molar-refractivity contribution in [2.75, 3.05) is 13.7 Å². The number of hydrogen-bond acceptors (Lipinski definition) is 3. The Bertz CT molecular complexity index is 845. The van der Waals surface area contributed by atoms with Gasteiger partial charge >= 0.3 is 0 Å². The van der Waals surface area contributed by atoms with Gasteiger partial charge in [-0.05, 0) is 79.8 Å². The van der Waals surface area contributed by atoms with E-state index in [0.717, 1.165) is 45.1 Å². The van der Waals surface area contributed by atoms with Gasteiger partial charge in [-0.15, -0.1) is 0 Å². The molecular formula is C28H39ClN2O2. The number of carbonyl (C=O) groups is 1. The van der Waals surface area contributed by atoms with Gasteiger partial charge in [-0.2, -0.15) is 0 Å². The summed E-state index contributed by atoms with van der Waals surface area (Å²) in [5.74, 6) is 0.638. The molecule has 0 aliphatic heterocycles. The molecule has 33 heavy (non-hydrogen) atoms. The molecule has 0 spiro atoms. The monoisotopic (exact) mass is 470 g/mol. The Hall–Kier alpha value is -1.88. The molecule has 0 saturated heterocycles. The maximum atomic E-state index is 12.8. The highest BCUT2D eigenvalue weighted by Gasteiger charge is 2.27. The van der Waals surface area contributed by atoms with Crippen molar-refractivity contribution < 1.29 is 9.90 Å². The summed E-state index contributed by atoms with van der Waals surface area (Å²) in [7, 11) is 1.92. The number of rotatable bonds is 11. The van der Waals surface area contributed by atoms with Crippen LogP contribution in [0.25, 0.3) is 0 Å². The van der Waals surface area contributed by atoms with E-state index in [2.05, 4.69) is 36.5 Å².